The zero-order valence-corrected chi connectivity index (χ0v) is 10.4. The number of nitrogens with two attached hydrogens (primary N) is 1. The summed E-state index contributed by atoms with van der Waals surface area (Å²) in [5, 5.41) is 2.95. The number of hydrogen-bond donors (Lipinski definition) is 2. The molecule has 16 heavy (non-hydrogen) atoms. The van der Waals surface area contributed by atoms with E-state index in [1.54, 1.807) is 0 Å². The first-order chi connectivity index (χ1) is 7.70. The van der Waals surface area contributed by atoms with E-state index in [9.17, 15) is 4.79 Å². The highest BCUT2D eigenvalue weighted by molar-refractivity contribution is 7.80. The lowest BCUT2D eigenvalue weighted by Gasteiger charge is -2.21. The Balaban J connectivity index is 2.03. The number of unbranched alkanes of at least 4 members (excludes halogenated alkanes) is 1. The van der Waals surface area contributed by atoms with Crippen LogP contribution in [-0.2, 0) is 9.53 Å². The lowest BCUT2D eigenvalue weighted by atomic mass is 9.99. The average molecular weight is 244 g/mol. The molecule has 0 saturated carbocycles. The number of carbonyl (C=O) groups excluding carboxylic acids is 1. The zero-order valence-electron chi connectivity index (χ0n) is 9.54. The van der Waals surface area contributed by atoms with Crippen LogP contribution < -0.4 is 11.1 Å². The van der Waals surface area contributed by atoms with Crippen molar-refractivity contribution in [3.63, 3.8) is 0 Å². The van der Waals surface area contributed by atoms with Crippen molar-refractivity contribution in [1.29, 1.82) is 0 Å². The molecule has 1 aliphatic rings. The van der Waals surface area contributed by atoms with Crippen LogP contribution in [0.15, 0.2) is 0 Å². The second-order valence-electron chi connectivity index (χ2n) is 4.10. The average Bonchev–Trinajstić information content (AvgIpc) is 2.29. The molecular weight excluding hydrogens is 224 g/mol. The maximum absolute atomic E-state index is 11.7. The Morgan fingerprint density at radius 2 is 2.06 bits per heavy atom. The lowest BCUT2D eigenvalue weighted by Crippen LogP contribution is -2.34. The minimum Gasteiger partial charge on any atom is -0.393 e. The van der Waals surface area contributed by atoms with Crippen molar-refractivity contribution in [2.75, 3.05) is 19.8 Å². The van der Waals surface area contributed by atoms with Gasteiger partial charge in [0.2, 0.25) is 5.91 Å². The van der Waals surface area contributed by atoms with Crippen LogP contribution in [0.25, 0.3) is 0 Å². The third-order valence-corrected chi connectivity index (χ3v) is 2.95. The highest BCUT2D eigenvalue weighted by atomic mass is 32.1. The van der Waals surface area contributed by atoms with Gasteiger partial charge in [0, 0.05) is 25.7 Å². The van der Waals surface area contributed by atoms with Crippen molar-refractivity contribution in [3.8, 4) is 0 Å². The molecule has 4 nitrogen and oxygen atoms in total. The van der Waals surface area contributed by atoms with E-state index >= 15 is 0 Å². The number of ether oxygens (including phenoxy) is 1. The molecule has 1 aliphatic heterocycles. The topological polar surface area (TPSA) is 64.3 Å². The molecule has 1 fully saturated rings. The molecular formula is C11H20N2O2S. The number of rotatable bonds is 6. The van der Waals surface area contributed by atoms with Gasteiger partial charge in [0.25, 0.3) is 0 Å². The molecule has 1 rings (SSSR count). The van der Waals surface area contributed by atoms with E-state index in [4.69, 9.17) is 22.7 Å². The van der Waals surface area contributed by atoms with Crippen LogP contribution in [0, 0.1) is 5.92 Å². The van der Waals surface area contributed by atoms with E-state index in [1.165, 1.54) is 0 Å². The van der Waals surface area contributed by atoms with Crippen LogP contribution in [0.2, 0.25) is 0 Å². The Kier molecular flexibility index (Phi) is 6.33. The minimum atomic E-state index is 0.143. The van der Waals surface area contributed by atoms with Gasteiger partial charge in [0.15, 0.2) is 0 Å². The van der Waals surface area contributed by atoms with Gasteiger partial charge in [-0.25, -0.2) is 0 Å². The quantitative estimate of drug-likeness (QED) is 0.540. The van der Waals surface area contributed by atoms with Gasteiger partial charge in [-0.05, 0) is 32.1 Å². The van der Waals surface area contributed by atoms with Crippen LogP contribution in [0.5, 0.6) is 0 Å². The summed E-state index contributed by atoms with van der Waals surface area (Å²) in [4.78, 5) is 12.2. The summed E-state index contributed by atoms with van der Waals surface area (Å²) in [5.74, 6) is 0.308. The van der Waals surface area contributed by atoms with Crippen LogP contribution in [0.4, 0.5) is 0 Å². The molecule has 3 N–H and O–H groups in total. The summed E-state index contributed by atoms with van der Waals surface area (Å²) in [5.41, 5.74) is 5.38. The third-order valence-electron chi connectivity index (χ3n) is 2.74. The fourth-order valence-corrected chi connectivity index (χ4v) is 1.88. The van der Waals surface area contributed by atoms with Crippen molar-refractivity contribution in [2.24, 2.45) is 11.7 Å². The molecule has 92 valence electrons. The Bertz CT molecular complexity index is 240. The van der Waals surface area contributed by atoms with Crippen LogP contribution in [-0.4, -0.2) is 30.7 Å². The predicted molar refractivity (Wildman–Crippen MR) is 67.2 cm³/mol. The number of nitrogens with one attached hydrogen (secondary N) is 1. The molecule has 0 aromatic heterocycles. The molecule has 0 aromatic carbocycles. The van der Waals surface area contributed by atoms with E-state index in [2.05, 4.69) is 5.32 Å². The zero-order chi connectivity index (χ0) is 11.8. The van der Waals surface area contributed by atoms with Gasteiger partial charge in [0.05, 0.1) is 4.99 Å². The Morgan fingerprint density at radius 3 is 2.69 bits per heavy atom. The minimum absolute atomic E-state index is 0.143. The smallest absolute Gasteiger partial charge is 0.223 e. The van der Waals surface area contributed by atoms with Crippen molar-refractivity contribution >= 4 is 23.1 Å². The summed E-state index contributed by atoms with van der Waals surface area (Å²) >= 11 is 4.78. The number of carbonyl (C=O) groups is 1. The van der Waals surface area contributed by atoms with Crippen molar-refractivity contribution < 1.29 is 9.53 Å². The molecule has 5 heteroatoms. The maximum Gasteiger partial charge on any atom is 0.223 e. The molecule has 1 heterocycles. The van der Waals surface area contributed by atoms with Crippen LogP contribution in [0.1, 0.15) is 32.1 Å². The molecule has 0 unspecified atom stereocenters. The number of amides is 1. The molecule has 0 aliphatic carbocycles. The van der Waals surface area contributed by atoms with E-state index in [0.717, 1.165) is 38.6 Å². The number of hydrogen-bond acceptors (Lipinski definition) is 3. The molecule has 0 aromatic rings. The monoisotopic (exact) mass is 244 g/mol. The van der Waals surface area contributed by atoms with Gasteiger partial charge in [-0.1, -0.05) is 12.2 Å². The van der Waals surface area contributed by atoms with E-state index in [-0.39, 0.29) is 11.8 Å². The summed E-state index contributed by atoms with van der Waals surface area (Å²) in [7, 11) is 0. The van der Waals surface area contributed by atoms with Crippen molar-refractivity contribution in [2.45, 2.75) is 32.1 Å². The molecule has 1 amide bonds. The van der Waals surface area contributed by atoms with Crippen molar-refractivity contribution in [1.82, 2.24) is 5.32 Å². The fraction of sp³-hybridized carbons (Fsp3) is 0.818. The molecule has 1 saturated heterocycles. The van der Waals surface area contributed by atoms with Crippen LogP contribution >= 0.6 is 12.2 Å². The second-order valence-corrected chi connectivity index (χ2v) is 4.63. The van der Waals surface area contributed by atoms with E-state index < -0.39 is 0 Å². The first kappa shape index (κ1) is 13.4. The Hall–Kier alpha value is -0.680. The van der Waals surface area contributed by atoms with Gasteiger partial charge < -0.3 is 15.8 Å². The van der Waals surface area contributed by atoms with Gasteiger partial charge >= 0.3 is 0 Å². The molecule has 0 spiro atoms. The fourth-order valence-electron chi connectivity index (χ4n) is 1.74. The molecule has 0 radical (unpaired) electrons. The Morgan fingerprint density at radius 1 is 1.38 bits per heavy atom. The highest BCUT2D eigenvalue weighted by Crippen LogP contribution is 2.14. The first-order valence-corrected chi connectivity index (χ1v) is 6.24. The highest BCUT2D eigenvalue weighted by Gasteiger charge is 2.20. The maximum atomic E-state index is 11.7. The summed E-state index contributed by atoms with van der Waals surface area (Å²) in [6, 6.07) is 0. The van der Waals surface area contributed by atoms with E-state index in [0.29, 0.717) is 18.2 Å². The van der Waals surface area contributed by atoms with Gasteiger partial charge in [-0.15, -0.1) is 0 Å². The largest absolute Gasteiger partial charge is 0.393 e. The Labute approximate surface area is 102 Å². The third kappa shape index (κ3) is 5.42. The van der Waals surface area contributed by atoms with Gasteiger partial charge in [-0.3, -0.25) is 4.79 Å². The standard InChI is InChI=1S/C11H20N2O2S/c12-10(16)3-1-2-6-13-11(14)9-4-7-15-8-5-9/h9H,1-8H2,(H2,12,16)(H,13,14). The second kappa shape index (κ2) is 7.57. The number of thiocarbonyl (C=S) groups is 1. The van der Waals surface area contributed by atoms with Gasteiger partial charge in [0.1, 0.15) is 0 Å². The SMILES string of the molecule is NC(=S)CCCCNC(=O)C1CCOCC1. The van der Waals surface area contributed by atoms with Crippen LogP contribution in [0.3, 0.4) is 0 Å². The predicted octanol–water partition coefficient (Wildman–Crippen LogP) is 0.986. The molecule has 0 bridgehead atoms. The first-order valence-electron chi connectivity index (χ1n) is 5.84. The van der Waals surface area contributed by atoms with E-state index in [1.807, 2.05) is 0 Å². The van der Waals surface area contributed by atoms with Crippen molar-refractivity contribution in [3.05, 3.63) is 0 Å². The summed E-state index contributed by atoms with van der Waals surface area (Å²) in [6.07, 6.45) is 4.34. The summed E-state index contributed by atoms with van der Waals surface area (Å²) < 4.78 is 5.21. The lowest BCUT2D eigenvalue weighted by molar-refractivity contribution is -0.127. The summed E-state index contributed by atoms with van der Waals surface area (Å²) in [6.45, 7) is 2.14. The normalized spacial score (nSPS) is 17.0. The molecule has 0 atom stereocenters. The van der Waals surface area contributed by atoms with Gasteiger partial charge in [-0.2, -0.15) is 0 Å².